The molecule has 0 aliphatic heterocycles. The summed E-state index contributed by atoms with van der Waals surface area (Å²) in [6.45, 7) is 0. The zero-order valence-corrected chi connectivity index (χ0v) is 12.4. The Morgan fingerprint density at radius 1 is 1.05 bits per heavy atom. The average molecular weight is 321 g/mol. The molecular weight excluding hydrogens is 310 g/mol. The van der Waals surface area contributed by atoms with Crippen molar-refractivity contribution in [3.8, 4) is 5.75 Å². The summed E-state index contributed by atoms with van der Waals surface area (Å²) in [5.41, 5.74) is 0.843. The number of hydrogen-bond donors (Lipinski definition) is 0. The third kappa shape index (κ3) is 3.12. The van der Waals surface area contributed by atoms with Crippen LogP contribution in [-0.4, -0.2) is 0 Å². The Kier molecular flexibility index (Phi) is 4.00. The van der Waals surface area contributed by atoms with Crippen LogP contribution in [0.1, 0.15) is 0 Å². The molecule has 1 nitrogen and oxygen atoms in total. The van der Waals surface area contributed by atoms with Gasteiger partial charge in [-0.25, -0.2) is 4.39 Å². The molecule has 0 radical (unpaired) electrons. The highest BCUT2D eigenvalue weighted by atomic mass is 35.5. The van der Waals surface area contributed by atoms with Crippen LogP contribution in [-0.2, 0) is 0 Å². The molecule has 106 valence electrons. The van der Waals surface area contributed by atoms with Crippen LogP contribution in [0.25, 0.3) is 0 Å². The first-order valence-corrected chi connectivity index (χ1v) is 7.16. The smallest absolute Gasteiger partial charge is 0.133 e. The molecule has 1 aromatic carbocycles. The van der Waals surface area contributed by atoms with Crippen molar-refractivity contribution in [3.63, 3.8) is 0 Å². The van der Waals surface area contributed by atoms with Crippen LogP contribution < -0.4 is 4.74 Å². The normalized spacial score (nSPS) is 20.6. The van der Waals surface area contributed by atoms with Crippen molar-refractivity contribution in [2.75, 3.05) is 0 Å². The SMILES string of the molecule is Fc1ccc(OC2=C3C(Cl)=CC(Cl)=CC3C=CC=C2)cc1. The number of hydrogen-bond acceptors (Lipinski definition) is 1. The van der Waals surface area contributed by atoms with Crippen LogP contribution in [0.5, 0.6) is 5.75 Å². The Morgan fingerprint density at radius 2 is 1.81 bits per heavy atom. The van der Waals surface area contributed by atoms with Crippen LogP contribution in [0.3, 0.4) is 0 Å². The lowest BCUT2D eigenvalue weighted by atomic mass is 9.93. The maximum atomic E-state index is 13.0. The zero-order valence-electron chi connectivity index (χ0n) is 10.9. The number of allylic oxidation sites excluding steroid dienone is 9. The van der Waals surface area contributed by atoms with Crippen molar-refractivity contribution in [1.29, 1.82) is 0 Å². The highest BCUT2D eigenvalue weighted by molar-refractivity contribution is 6.36. The van der Waals surface area contributed by atoms with Crippen molar-refractivity contribution in [3.05, 3.63) is 87.9 Å². The molecule has 0 saturated heterocycles. The van der Waals surface area contributed by atoms with Gasteiger partial charge < -0.3 is 4.74 Å². The second-order valence-corrected chi connectivity index (χ2v) is 5.49. The summed E-state index contributed by atoms with van der Waals surface area (Å²) in [4.78, 5) is 0. The van der Waals surface area contributed by atoms with Crippen molar-refractivity contribution in [2.24, 2.45) is 5.92 Å². The van der Waals surface area contributed by atoms with Gasteiger partial charge in [0.2, 0.25) is 0 Å². The molecule has 3 rings (SSSR count). The lowest BCUT2D eigenvalue weighted by molar-refractivity contribution is 0.434. The van der Waals surface area contributed by atoms with Crippen molar-refractivity contribution in [2.45, 2.75) is 0 Å². The fourth-order valence-electron chi connectivity index (χ4n) is 2.23. The Balaban J connectivity index is 2.00. The second-order valence-electron chi connectivity index (χ2n) is 4.65. The van der Waals surface area contributed by atoms with Crippen LogP contribution in [0.15, 0.2) is 82.1 Å². The molecule has 1 aromatic rings. The van der Waals surface area contributed by atoms with Crippen molar-refractivity contribution < 1.29 is 9.13 Å². The van der Waals surface area contributed by atoms with E-state index in [1.807, 2.05) is 30.4 Å². The lowest BCUT2D eigenvalue weighted by Gasteiger charge is -2.20. The second kappa shape index (κ2) is 5.92. The van der Waals surface area contributed by atoms with E-state index in [2.05, 4.69) is 0 Å². The maximum absolute atomic E-state index is 13.0. The number of rotatable bonds is 2. The fourth-order valence-corrected chi connectivity index (χ4v) is 2.87. The first-order valence-electron chi connectivity index (χ1n) is 6.41. The summed E-state index contributed by atoms with van der Waals surface area (Å²) in [7, 11) is 0. The molecule has 1 atom stereocenters. The van der Waals surface area contributed by atoms with E-state index in [4.69, 9.17) is 27.9 Å². The standard InChI is InChI=1S/C17H11Cl2FO/c18-12-9-11-3-1-2-4-16(17(11)15(19)10-12)21-14-7-5-13(20)6-8-14/h1-11H. The Hall–Kier alpha value is -1.77. The molecular formula is C17H11Cl2FO. The predicted molar refractivity (Wildman–Crippen MR) is 83.7 cm³/mol. The summed E-state index contributed by atoms with van der Waals surface area (Å²) < 4.78 is 18.8. The van der Waals surface area contributed by atoms with Crippen LogP contribution in [0, 0.1) is 11.7 Å². The van der Waals surface area contributed by atoms with E-state index in [0.29, 0.717) is 21.6 Å². The summed E-state index contributed by atoms with van der Waals surface area (Å²) in [5, 5.41) is 1.14. The quantitative estimate of drug-likeness (QED) is 0.703. The molecule has 0 N–H and O–H groups in total. The van der Waals surface area contributed by atoms with Gasteiger partial charge in [-0.1, -0.05) is 47.5 Å². The number of benzene rings is 1. The van der Waals surface area contributed by atoms with Crippen LogP contribution in [0.2, 0.25) is 0 Å². The zero-order chi connectivity index (χ0) is 14.8. The highest BCUT2D eigenvalue weighted by Gasteiger charge is 2.23. The number of fused-ring (bicyclic) bond motifs is 1. The van der Waals surface area contributed by atoms with Gasteiger partial charge in [-0.05, 0) is 36.4 Å². The van der Waals surface area contributed by atoms with Gasteiger partial charge in [-0.2, -0.15) is 0 Å². The molecule has 0 bridgehead atoms. The van der Waals surface area contributed by atoms with Crippen LogP contribution >= 0.6 is 23.2 Å². The third-order valence-corrected chi connectivity index (χ3v) is 3.73. The lowest BCUT2D eigenvalue weighted by Crippen LogP contribution is -2.08. The van der Waals surface area contributed by atoms with Gasteiger partial charge in [0.05, 0.1) is 0 Å². The van der Waals surface area contributed by atoms with Gasteiger partial charge in [-0.3, -0.25) is 0 Å². The largest absolute Gasteiger partial charge is 0.457 e. The maximum Gasteiger partial charge on any atom is 0.133 e. The summed E-state index contributed by atoms with van der Waals surface area (Å²) >= 11 is 12.4. The predicted octanol–water partition coefficient (Wildman–Crippen LogP) is 5.46. The minimum absolute atomic E-state index is 0.0413. The minimum atomic E-state index is -0.304. The van der Waals surface area contributed by atoms with Gasteiger partial charge in [0, 0.05) is 21.6 Å². The van der Waals surface area contributed by atoms with Gasteiger partial charge in [0.15, 0.2) is 0 Å². The van der Waals surface area contributed by atoms with Gasteiger partial charge in [0.1, 0.15) is 17.3 Å². The number of halogens is 3. The molecule has 0 amide bonds. The van der Waals surface area contributed by atoms with E-state index in [-0.39, 0.29) is 11.7 Å². The molecule has 0 heterocycles. The van der Waals surface area contributed by atoms with Crippen molar-refractivity contribution in [1.82, 2.24) is 0 Å². The molecule has 2 aliphatic carbocycles. The summed E-state index contributed by atoms with van der Waals surface area (Å²) in [6.07, 6.45) is 11.2. The van der Waals surface area contributed by atoms with E-state index in [9.17, 15) is 4.39 Å². The van der Waals surface area contributed by atoms with E-state index in [1.165, 1.54) is 12.1 Å². The van der Waals surface area contributed by atoms with Gasteiger partial charge in [-0.15, -0.1) is 0 Å². The van der Waals surface area contributed by atoms with Gasteiger partial charge in [0.25, 0.3) is 0 Å². The van der Waals surface area contributed by atoms with Gasteiger partial charge >= 0.3 is 0 Å². The van der Waals surface area contributed by atoms with Crippen molar-refractivity contribution >= 4 is 23.2 Å². The Labute approximate surface area is 132 Å². The first-order chi connectivity index (χ1) is 10.1. The van der Waals surface area contributed by atoms with E-state index in [1.54, 1.807) is 18.2 Å². The minimum Gasteiger partial charge on any atom is -0.457 e. The molecule has 0 saturated carbocycles. The summed E-state index contributed by atoms with van der Waals surface area (Å²) in [5.74, 6) is 0.828. The average Bonchev–Trinajstić information content (AvgIpc) is 2.64. The van der Waals surface area contributed by atoms with E-state index >= 15 is 0 Å². The topological polar surface area (TPSA) is 9.23 Å². The molecule has 0 spiro atoms. The Bertz CT molecular complexity index is 709. The molecule has 0 fully saturated rings. The van der Waals surface area contributed by atoms with E-state index < -0.39 is 0 Å². The van der Waals surface area contributed by atoms with Crippen LogP contribution in [0.4, 0.5) is 4.39 Å². The highest BCUT2D eigenvalue weighted by Crippen LogP contribution is 2.37. The molecule has 1 unspecified atom stereocenters. The number of ether oxygens (including phenoxy) is 1. The fraction of sp³-hybridized carbons (Fsp3) is 0.0588. The molecule has 4 heteroatoms. The molecule has 0 aromatic heterocycles. The van der Waals surface area contributed by atoms with E-state index in [0.717, 1.165) is 5.57 Å². The Morgan fingerprint density at radius 3 is 2.57 bits per heavy atom. The molecule has 2 aliphatic rings. The summed E-state index contributed by atoms with van der Waals surface area (Å²) in [6, 6.07) is 5.86. The first kappa shape index (κ1) is 14.2. The third-order valence-electron chi connectivity index (χ3n) is 3.18. The monoisotopic (exact) mass is 320 g/mol. The molecule has 21 heavy (non-hydrogen) atoms.